The summed E-state index contributed by atoms with van der Waals surface area (Å²) in [5.41, 5.74) is 2.18. The predicted molar refractivity (Wildman–Crippen MR) is 107 cm³/mol. The highest BCUT2D eigenvalue weighted by molar-refractivity contribution is 7.18. The largest absolute Gasteiger partial charge is 0.317 e. The normalized spacial score (nSPS) is 15.1. The number of anilines is 2. The van der Waals surface area contributed by atoms with E-state index in [9.17, 15) is 0 Å². The van der Waals surface area contributed by atoms with Crippen molar-refractivity contribution in [3.05, 3.63) is 54.1 Å². The number of nitrogens with one attached hydrogen (secondary N) is 2. The van der Waals surface area contributed by atoms with Crippen LogP contribution >= 0.6 is 11.3 Å². The third kappa shape index (κ3) is 4.26. The fourth-order valence-corrected chi connectivity index (χ4v) is 4.14. The molecule has 0 spiro atoms. The van der Waals surface area contributed by atoms with Crippen molar-refractivity contribution in [3.63, 3.8) is 0 Å². The second-order valence-electron chi connectivity index (χ2n) is 6.73. The fraction of sp³-hybridized carbons (Fsp3) is 0.350. The molecule has 2 aromatic heterocycles. The number of rotatable bonds is 5. The van der Waals surface area contributed by atoms with Crippen LogP contribution < -0.4 is 10.6 Å². The highest BCUT2D eigenvalue weighted by Gasteiger charge is 2.16. The van der Waals surface area contributed by atoms with Gasteiger partial charge in [0.1, 0.15) is 11.6 Å². The Bertz CT molecular complexity index is 856. The van der Waals surface area contributed by atoms with E-state index in [1.165, 1.54) is 18.4 Å². The van der Waals surface area contributed by atoms with E-state index in [2.05, 4.69) is 32.7 Å². The van der Waals surface area contributed by atoms with Gasteiger partial charge in [-0.2, -0.15) is 0 Å². The lowest BCUT2D eigenvalue weighted by Crippen LogP contribution is -2.29. The average molecular weight is 366 g/mol. The third-order valence-electron chi connectivity index (χ3n) is 4.63. The van der Waals surface area contributed by atoms with E-state index < -0.39 is 0 Å². The van der Waals surface area contributed by atoms with Crippen LogP contribution in [0.2, 0.25) is 0 Å². The number of hydrogen-bond donors (Lipinski definition) is 2. The first kappa shape index (κ1) is 17.1. The molecule has 0 saturated carbocycles. The average Bonchev–Trinajstić information content (AvgIpc) is 3.11. The van der Waals surface area contributed by atoms with Crippen molar-refractivity contribution in [1.29, 1.82) is 0 Å². The summed E-state index contributed by atoms with van der Waals surface area (Å²) in [6.07, 6.45) is 5.26. The van der Waals surface area contributed by atoms with Gasteiger partial charge < -0.3 is 10.6 Å². The van der Waals surface area contributed by atoms with E-state index in [1.54, 1.807) is 11.3 Å². The maximum atomic E-state index is 4.73. The summed E-state index contributed by atoms with van der Waals surface area (Å²) in [6.45, 7) is 4.22. The SMILES string of the molecule is Cc1cc(Nc2ncc(-c3ccccc3)s2)nc(CC2CCNCC2)n1. The number of piperidine rings is 1. The van der Waals surface area contributed by atoms with Crippen molar-refractivity contribution < 1.29 is 0 Å². The first-order chi connectivity index (χ1) is 12.8. The minimum Gasteiger partial charge on any atom is -0.317 e. The molecule has 0 atom stereocenters. The third-order valence-corrected chi connectivity index (χ3v) is 5.59. The zero-order valence-corrected chi connectivity index (χ0v) is 15.7. The van der Waals surface area contributed by atoms with Crippen LogP contribution in [0.25, 0.3) is 10.4 Å². The maximum Gasteiger partial charge on any atom is 0.188 e. The van der Waals surface area contributed by atoms with Gasteiger partial charge in [0.05, 0.1) is 4.88 Å². The molecule has 1 aromatic carbocycles. The molecule has 1 saturated heterocycles. The Morgan fingerprint density at radius 1 is 1.15 bits per heavy atom. The topological polar surface area (TPSA) is 62.7 Å². The second kappa shape index (κ2) is 7.93. The second-order valence-corrected chi connectivity index (χ2v) is 7.76. The monoisotopic (exact) mass is 365 g/mol. The zero-order chi connectivity index (χ0) is 17.8. The van der Waals surface area contributed by atoms with Crippen LogP contribution in [0.4, 0.5) is 10.9 Å². The van der Waals surface area contributed by atoms with Crippen molar-refractivity contribution in [1.82, 2.24) is 20.3 Å². The van der Waals surface area contributed by atoms with Crippen molar-refractivity contribution in [2.45, 2.75) is 26.2 Å². The lowest BCUT2D eigenvalue weighted by atomic mass is 9.94. The molecule has 134 valence electrons. The van der Waals surface area contributed by atoms with Crippen LogP contribution in [0.1, 0.15) is 24.4 Å². The molecule has 3 heterocycles. The first-order valence-electron chi connectivity index (χ1n) is 9.10. The Balaban J connectivity index is 1.48. The van der Waals surface area contributed by atoms with Gasteiger partial charge in [0, 0.05) is 24.4 Å². The molecule has 1 aliphatic rings. The van der Waals surface area contributed by atoms with Gasteiger partial charge in [0.25, 0.3) is 0 Å². The molecule has 0 aliphatic carbocycles. The van der Waals surface area contributed by atoms with Crippen molar-refractivity contribution in [2.75, 3.05) is 18.4 Å². The van der Waals surface area contributed by atoms with Gasteiger partial charge in [-0.15, -0.1) is 0 Å². The molecular formula is C20H23N5S. The molecular weight excluding hydrogens is 342 g/mol. The molecule has 5 nitrogen and oxygen atoms in total. The van der Waals surface area contributed by atoms with Gasteiger partial charge in [0.2, 0.25) is 0 Å². The number of hydrogen-bond acceptors (Lipinski definition) is 6. The van der Waals surface area contributed by atoms with Gasteiger partial charge in [-0.3, -0.25) is 0 Å². The molecule has 26 heavy (non-hydrogen) atoms. The Morgan fingerprint density at radius 2 is 1.96 bits per heavy atom. The highest BCUT2D eigenvalue weighted by Crippen LogP contribution is 2.30. The molecule has 1 aliphatic heterocycles. The Hall–Kier alpha value is -2.31. The fourth-order valence-electron chi connectivity index (χ4n) is 3.31. The highest BCUT2D eigenvalue weighted by atomic mass is 32.1. The summed E-state index contributed by atoms with van der Waals surface area (Å²) in [5.74, 6) is 2.44. The summed E-state index contributed by atoms with van der Waals surface area (Å²) in [4.78, 5) is 15.0. The molecule has 3 aromatic rings. The molecule has 4 rings (SSSR count). The Labute approximate surface area is 157 Å². The van der Waals surface area contributed by atoms with Crippen LogP contribution in [0.3, 0.4) is 0 Å². The van der Waals surface area contributed by atoms with E-state index in [4.69, 9.17) is 4.98 Å². The van der Waals surface area contributed by atoms with Crippen molar-refractivity contribution >= 4 is 22.3 Å². The number of nitrogens with zero attached hydrogens (tertiary/aromatic N) is 3. The maximum absolute atomic E-state index is 4.73. The summed E-state index contributed by atoms with van der Waals surface area (Å²) in [7, 11) is 0. The quantitative estimate of drug-likeness (QED) is 0.710. The van der Waals surface area contributed by atoms with Gasteiger partial charge in [0.15, 0.2) is 5.13 Å². The standard InChI is InChI=1S/C20H23N5S/c1-14-11-18(24-19(23-14)12-15-7-9-21-10-8-15)25-20-22-13-17(26-20)16-5-3-2-4-6-16/h2-6,11,13,15,21H,7-10,12H2,1H3,(H,22,23,24,25). The van der Waals surface area contributed by atoms with Gasteiger partial charge in [-0.25, -0.2) is 15.0 Å². The van der Waals surface area contributed by atoms with Gasteiger partial charge in [-0.05, 0) is 44.3 Å². The van der Waals surface area contributed by atoms with E-state index in [1.807, 2.05) is 37.4 Å². The van der Waals surface area contributed by atoms with E-state index in [-0.39, 0.29) is 0 Å². The molecule has 0 bridgehead atoms. The smallest absolute Gasteiger partial charge is 0.188 e. The molecule has 0 amide bonds. The lowest BCUT2D eigenvalue weighted by Gasteiger charge is -2.22. The minimum atomic E-state index is 0.676. The van der Waals surface area contributed by atoms with Gasteiger partial charge >= 0.3 is 0 Å². The van der Waals surface area contributed by atoms with Gasteiger partial charge in [-0.1, -0.05) is 41.7 Å². The lowest BCUT2D eigenvalue weighted by molar-refractivity contribution is 0.367. The van der Waals surface area contributed by atoms with Crippen LogP contribution in [-0.2, 0) is 6.42 Å². The Morgan fingerprint density at radius 3 is 2.77 bits per heavy atom. The zero-order valence-electron chi connectivity index (χ0n) is 14.9. The molecule has 1 fully saturated rings. The predicted octanol–water partition coefficient (Wildman–Crippen LogP) is 4.19. The molecule has 0 radical (unpaired) electrons. The van der Waals surface area contributed by atoms with Crippen LogP contribution in [0.5, 0.6) is 0 Å². The van der Waals surface area contributed by atoms with E-state index >= 15 is 0 Å². The van der Waals surface area contributed by atoms with Crippen molar-refractivity contribution in [3.8, 4) is 10.4 Å². The molecule has 0 unspecified atom stereocenters. The van der Waals surface area contributed by atoms with Crippen molar-refractivity contribution in [2.24, 2.45) is 5.92 Å². The van der Waals surface area contributed by atoms with E-state index in [0.29, 0.717) is 5.92 Å². The summed E-state index contributed by atoms with van der Waals surface area (Å²) < 4.78 is 0. The summed E-state index contributed by atoms with van der Waals surface area (Å²) in [6, 6.07) is 12.3. The Kier molecular flexibility index (Phi) is 5.22. The van der Waals surface area contributed by atoms with Crippen LogP contribution in [0.15, 0.2) is 42.6 Å². The van der Waals surface area contributed by atoms with Crippen LogP contribution in [0, 0.1) is 12.8 Å². The minimum absolute atomic E-state index is 0.676. The number of aromatic nitrogens is 3. The summed E-state index contributed by atoms with van der Waals surface area (Å²) in [5, 5.41) is 7.62. The van der Waals surface area contributed by atoms with Crippen LogP contribution in [-0.4, -0.2) is 28.0 Å². The number of benzene rings is 1. The first-order valence-corrected chi connectivity index (χ1v) is 9.91. The summed E-state index contributed by atoms with van der Waals surface area (Å²) >= 11 is 1.64. The number of thiazole rings is 1. The number of aryl methyl sites for hydroxylation is 1. The van der Waals surface area contributed by atoms with E-state index in [0.717, 1.165) is 46.9 Å². The molecule has 2 N–H and O–H groups in total. The molecule has 6 heteroatoms.